The highest BCUT2D eigenvalue weighted by Crippen LogP contribution is 2.33. The fraction of sp³-hybridized carbons (Fsp3) is 0.805. The van der Waals surface area contributed by atoms with Crippen LogP contribution in [0.4, 0.5) is 0 Å². The van der Waals surface area contributed by atoms with Crippen LogP contribution < -0.4 is 5.32 Å². The number of unbranched alkanes of at least 4 members (excludes halogenated alkanes) is 30. The van der Waals surface area contributed by atoms with E-state index >= 15 is 0 Å². The van der Waals surface area contributed by atoms with Crippen molar-refractivity contribution >= 4 is 5.91 Å². The summed E-state index contributed by atoms with van der Waals surface area (Å²) in [6.45, 7) is 1.62. The second kappa shape index (κ2) is 57.6. The normalized spacial score (nSPS) is 27.5. The minimum absolute atomic E-state index is 0.232. The van der Waals surface area contributed by atoms with Crippen molar-refractivity contribution in [3.8, 4) is 0 Å². The highest BCUT2D eigenvalue weighted by atomic mass is 16.8. The summed E-state index contributed by atoms with van der Waals surface area (Å²) in [5, 5.41) is 121. The first kappa shape index (κ1) is 87.2. The summed E-state index contributed by atoms with van der Waals surface area (Å²) in [5.74, 6) is -0.286. The average Bonchev–Trinajstić information content (AvgIpc) is 0.786. The first-order valence-electron chi connectivity index (χ1n) is 37.8. The van der Waals surface area contributed by atoms with E-state index in [1.807, 2.05) is 6.08 Å². The van der Waals surface area contributed by atoms with Crippen LogP contribution in [0.2, 0.25) is 0 Å². The van der Waals surface area contributed by atoms with E-state index in [2.05, 4.69) is 92.1 Å². The summed E-state index contributed by atoms with van der Waals surface area (Å²) in [5.41, 5.74) is 0. The van der Waals surface area contributed by atoms with Gasteiger partial charge < -0.3 is 89.9 Å². The number of carbonyl (C=O) groups is 1. The van der Waals surface area contributed by atoms with Crippen LogP contribution in [0.5, 0.6) is 0 Å². The van der Waals surface area contributed by atoms with Crippen LogP contribution in [0.1, 0.15) is 264 Å². The van der Waals surface area contributed by atoms with Crippen molar-refractivity contribution in [3.63, 3.8) is 0 Å². The molecular formula is C77H135NO18. The molecule has 3 heterocycles. The summed E-state index contributed by atoms with van der Waals surface area (Å²) in [4.78, 5) is 13.4. The Morgan fingerprint density at radius 1 is 0.385 bits per heavy atom. The first-order chi connectivity index (χ1) is 46.8. The molecule has 3 fully saturated rings. The van der Waals surface area contributed by atoms with Gasteiger partial charge in [0.05, 0.1) is 38.6 Å². The van der Waals surface area contributed by atoms with E-state index < -0.39 is 124 Å². The largest absolute Gasteiger partial charge is 0.394 e. The molecular weight excluding hydrogens is 1230 g/mol. The van der Waals surface area contributed by atoms with E-state index in [0.29, 0.717) is 12.8 Å². The Kier molecular flexibility index (Phi) is 52.3. The van der Waals surface area contributed by atoms with Crippen molar-refractivity contribution in [1.82, 2.24) is 5.32 Å². The van der Waals surface area contributed by atoms with Gasteiger partial charge in [-0.1, -0.05) is 266 Å². The van der Waals surface area contributed by atoms with E-state index in [-0.39, 0.29) is 18.9 Å². The van der Waals surface area contributed by atoms with Crippen LogP contribution >= 0.6 is 0 Å². The molecule has 0 saturated carbocycles. The van der Waals surface area contributed by atoms with E-state index in [1.54, 1.807) is 6.08 Å². The number of allylic oxidation sites excluding steroid dienone is 13. The molecule has 1 amide bonds. The zero-order valence-corrected chi connectivity index (χ0v) is 59.1. The molecule has 96 heavy (non-hydrogen) atoms. The predicted octanol–water partition coefficient (Wildman–Crippen LogP) is 11.4. The molecule has 0 radical (unpaired) electrons. The highest BCUT2D eigenvalue weighted by Gasteiger charge is 2.53. The predicted molar refractivity (Wildman–Crippen MR) is 378 cm³/mol. The Balaban J connectivity index is 1.39. The van der Waals surface area contributed by atoms with E-state index in [4.69, 9.17) is 28.4 Å². The molecule has 0 aromatic rings. The molecule has 17 atom stereocenters. The zero-order valence-electron chi connectivity index (χ0n) is 59.1. The van der Waals surface area contributed by atoms with Crippen LogP contribution in [-0.2, 0) is 33.2 Å². The van der Waals surface area contributed by atoms with Gasteiger partial charge in [0.25, 0.3) is 0 Å². The SMILES string of the molecule is CC/C=C\C/C=C\C/C=C\C/C=C\C/C=C\CCCCCCCCCCCCCCCCCC(=O)NC(COC1OC(CO)C(OC2OC(CO)C(OC3OC(CO)C(O)C(O)C3O)C(O)C2O)C(O)C1O)C(O)/C=C/CC/C=C/CCCCCCCCCCCCCCCC. The molecule has 19 nitrogen and oxygen atoms in total. The molecule has 3 aliphatic heterocycles. The molecule has 0 aromatic carbocycles. The molecule has 556 valence electrons. The number of rotatable bonds is 58. The number of hydrogen-bond acceptors (Lipinski definition) is 18. The van der Waals surface area contributed by atoms with Crippen molar-refractivity contribution in [3.05, 3.63) is 85.1 Å². The minimum Gasteiger partial charge on any atom is -0.394 e. The van der Waals surface area contributed by atoms with Gasteiger partial charge in [0.1, 0.15) is 73.2 Å². The summed E-state index contributed by atoms with van der Waals surface area (Å²) in [7, 11) is 0. The van der Waals surface area contributed by atoms with Crippen LogP contribution in [-0.4, -0.2) is 193 Å². The van der Waals surface area contributed by atoms with Crippen molar-refractivity contribution in [2.45, 2.75) is 369 Å². The fourth-order valence-corrected chi connectivity index (χ4v) is 12.4. The van der Waals surface area contributed by atoms with Crippen molar-refractivity contribution in [2.75, 3.05) is 26.4 Å². The third-order valence-electron chi connectivity index (χ3n) is 18.4. The lowest BCUT2D eigenvalue weighted by Gasteiger charge is -2.48. The van der Waals surface area contributed by atoms with Crippen molar-refractivity contribution in [1.29, 1.82) is 0 Å². The van der Waals surface area contributed by atoms with Crippen molar-refractivity contribution < 1.29 is 89.4 Å². The van der Waals surface area contributed by atoms with Gasteiger partial charge in [-0.3, -0.25) is 4.79 Å². The molecule has 0 aliphatic carbocycles. The molecule has 19 heteroatoms. The van der Waals surface area contributed by atoms with Gasteiger partial charge in [0.2, 0.25) is 5.91 Å². The number of amides is 1. The molecule has 3 rings (SSSR count). The summed E-state index contributed by atoms with van der Waals surface area (Å²) in [6, 6.07) is -0.995. The van der Waals surface area contributed by atoms with Crippen LogP contribution in [0.25, 0.3) is 0 Å². The van der Waals surface area contributed by atoms with Gasteiger partial charge in [0, 0.05) is 6.42 Å². The average molecular weight is 1360 g/mol. The maximum atomic E-state index is 13.4. The number of hydrogen-bond donors (Lipinski definition) is 12. The number of aliphatic hydroxyl groups excluding tert-OH is 11. The maximum absolute atomic E-state index is 13.4. The summed E-state index contributed by atoms with van der Waals surface area (Å²) >= 11 is 0. The third kappa shape index (κ3) is 38.1. The van der Waals surface area contributed by atoms with Crippen LogP contribution in [0, 0.1) is 0 Å². The van der Waals surface area contributed by atoms with E-state index in [9.17, 15) is 61.0 Å². The quantitative estimate of drug-likeness (QED) is 0.0199. The Hall–Kier alpha value is -3.03. The Morgan fingerprint density at radius 3 is 1.17 bits per heavy atom. The Morgan fingerprint density at radius 2 is 0.729 bits per heavy atom. The fourth-order valence-electron chi connectivity index (χ4n) is 12.4. The van der Waals surface area contributed by atoms with Gasteiger partial charge in [0.15, 0.2) is 18.9 Å². The topological polar surface area (TPSA) is 307 Å². The monoisotopic (exact) mass is 1360 g/mol. The smallest absolute Gasteiger partial charge is 0.220 e. The molecule has 0 spiro atoms. The second-order valence-electron chi connectivity index (χ2n) is 26.7. The van der Waals surface area contributed by atoms with Crippen molar-refractivity contribution in [2.24, 2.45) is 0 Å². The first-order valence-corrected chi connectivity index (χ1v) is 37.8. The van der Waals surface area contributed by atoms with Gasteiger partial charge in [-0.2, -0.15) is 0 Å². The lowest BCUT2D eigenvalue weighted by Crippen LogP contribution is -2.66. The third-order valence-corrected chi connectivity index (χ3v) is 18.4. The van der Waals surface area contributed by atoms with Crippen LogP contribution in [0.15, 0.2) is 85.1 Å². The summed E-state index contributed by atoms with van der Waals surface area (Å²) in [6.07, 6.45) is 48.5. The Labute approximate surface area is 578 Å². The van der Waals surface area contributed by atoms with E-state index in [1.165, 1.54) is 161 Å². The number of nitrogens with one attached hydrogen (secondary N) is 1. The second-order valence-corrected chi connectivity index (χ2v) is 26.7. The standard InChI is InChI=1S/C77H135NO18/c1-3-5-7-9-11-13-15-17-19-21-23-25-26-27-28-29-30-31-32-33-34-35-37-39-41-43-45-47-49-51-53-55-65(83)78-60(61(82)54-52-50-48-46-44-42-40-38-36-24-22-20-18-16-14-12-10-8-6-4-2)59-91-75-71(89)68(86)73(63(57-80)93-75)96-77-72(90)69(87)74(64(58-81)94-77)95-76-70(88)67(85)66(84)62(56-79)92-76/h5,7,11,13,17,19,23,25,27-28,44,46,52,54,60-64,66-77,79-82,84-90H,3-4,6,8-10,12,14-16,18,20-22,24,26,29-43,45,47-51,53,55-59H2,1-2H3,(H,78,83)/b7-5-,13-11-,19-17-,25-23-,28-27-,46-44+,54-52+. The molecule has 3 aliphatic rings. The highest BCUT2D eigenvalue weighted by molar-refractivity contribution is 5.76. The van der Waals surface area contributed by atoms with Gasteiger partial charge in [-0.25, -0.2) is 0 Å². The van der Waals surface area contributed by atoms with Gasteiger partial charge in [-0.05, 0) is 77.0 Å². The number of ether oxygens (including phenoxy) is 6. The molecule has 3 saturated heterocycles. The lowest BCUT2D eigenvalue weighted by atomic mass is 9.96. The lowest BCUT2D eigenvalue weighted by molar-refractivity contribution is -0.379. The van der Waals surface area contributed by atoms with Gasteiger partial charge >= 0.3 is 0 Å². The van der Waals surface area contributed by atoms with Crippen LogP contribution in [0.3, 0.4) is 0 Å². The number of carbonyl (C=O) groups excluding carboxylic acids is 1. The van der Waals surface area contributed by atoms with Gasteiger partial charge in [-0.15, -0.1) is 0 Å². The van der Waals surface area contributed by atoms with E-state index in [0.717, 1.165) is 70.6 Å². The summed E-state index contributed by atoms with van der Waals surface area (Å²) < 4.78 is 34.4. The molecule has 17 unspecified atom stereocenters. The number of aliphatic hydroxyl groups is 11. The maximum Gasteiger partial charge on any atom is 0.220 e. The molecule has 0 aromatic heterocycles. The molecule has 0 bridgehead atoms. The minimum atomic E-state index is -1.98. The Bertz CT molecular complexity index is 2070. The zero-order chi connectivity index (χ0) is 69.6. The molecule has 12 N–H and O–H groups in total.